The molecule has 2 heterocycles. The van der Waals surface area contributed by atoms with Crippen molar-refractivity contribution in [3.8, 4) is 34.4 Å². The molecule has 11 nitrogen and oxygen atoms in total. The van der Waals surface area contributed by atoms with Crippen LogP contribution in [0, 0.1) is 25.2 Å². The number of aliphatic hydroxyl groups excluding tert-OH is 2. The minimum absolute atomic E-state index is 0.0412. The van der Waals surface area contributed by atoms with Crippen molar-refractivity contribution in [3.63, 3.8) is 0 Å². The molecular formula is C40H45ClN4O7. The monoisotopic (exact) mass is 728 g/mol. The fourth-order valence-electron chi connectivity index (χ4n) is 6.27. The molecule has 3 atom stereocenters. The molecule has 1 aliphatic rings. The van der Waals surface area contributed by atoms with Gasteiger partial charge in [-0.3, -0.25) is 15.1 Å². The van der Waals surface area contributed by atoms with Crippen LogP contribution in [-0.4, -0.2) is 75.7 Å². The van der Waals surface area contributed by atoms with E-state index in [1.807, 2.05) is 24.3 Å². The Morgan fingerprint density at radius 2 is 1.77 bits per heavy atom. The third kappa shape index (κ3) is 10.00. The molecule has 1 unspecified atom stereocenters. The summed E-state index contributed by atoms with van der Waals surface area (Å²) in [7, 11) is 0. The second-order valence-electron chi connectivity index (χ2n) is 13.1. The molecule has 4 N–H and O–H groups in total. The van der Waals surface area contributed by atoms with Crippen molar-refractivity contribution in [2.24, 2.45) is 0 Å². The average molecular weight is 729 g/mol. The number of nitrogens with zero attached hydrogens (tertiary/aromatic N) is 3. The fraction of sp³-hybridized carbons (Fsp3) is 0.375. The second kappa shape index (κ2) is 18.2. The van der Waals surface area contributed by atoms with E-state index in [2.05, 4.69) is 47.3 Å². The molecule has 4 aromatic rings. The van der Waals surface area contributed by atoms with E-state index in [4.69, 9.17) is 25.8 Å². The van der Waals surface area contributed by atoms with Crippen molar-refractivity contribution in [2.45, 2.75) is 71.6 Å². The first-order chi connectivity index (χ1) is 25.0. The minimum Gasteiger partial charge on any atom is -0.493 e. The van der Waals surface area contributed by atoms with E-state index < -0.39 is 18.1 Å². The molecule has 5 rings (SSSR count). The third-order valence-corrected chi connectivity index (χ3v) is 9.52. The van der Waals surface area contributed by atoms with Crippen molar-refractivity contribution < 1.29 is 34.3 Å². The van der Waals surface area contributed by atoms with Crippen LogP contribution in [0.1, 0.15) is 53.1 Å². The topological polar surface area (TPSA) is 157 Å². The summed E-state index contributed by atoms with van der Waals surface area (Å²) in [4.78, 5) is 18.1. The lowest BCUT2D eigenvalue weighted by Gasteiger charge is -2.20. The Morgan fingerprint density at radius 3 is 2.48 bits per heavy atom. The summed E-state index contributed by atoms with van der Waals surface area (Å²) < 4.78 is 18.6. The van der Waals surface area contributed by atoms with Gasteiger partial charge in [0.15, 0.2) is 0 Å². The summed E-state index contributed by atoms with van der Waals surface area (Å²) >= 11 is 6.72. The highest BCUT2D eigenvalue weighted by molar-refractivity contribution is 6.32. The molecule has 274 valence electrons. The van der Waals surface area contributed by atoms with E-state index in [-0.39, 0.29) is 25.9 Å². The summed E-state index contributed by atoms with van der Waals surface area (Å²) in [5, 5.41) is 41.7. The van der Waals surface area contributed by atoms with Gasteiger partial charge in [-0.15, -0.1) is 0 Å². The summed E-state index contributed by atoms with van der Waals surface area (Å²) in [5.41, 5.74) is 6.80. The number of aliphatic carboxylic acids is 1. The lowest BCUT2D eigenvalue weighted by atomic mass is 9.93. The highest BCUT2D eigenvalue weighted by Crippen LogP contribution is 2.36. The maximum absolute atomic E-state index is 11.7. The zero-order valence-corrected chi connectivity index (χ0v) is 30.4. The van der Waals surface area contributed by atoms with Gasteiger partial charge >= 0.3 is 5.97 Å². The standard InChI is InChI=1S/C40H45ClN4O7/c1-25-30(7-4-8-33(25)34-9-5-10-36(26(34)2)50-14-6-12-45-13-11-32(47)22-45)24-52-38-17-37(51-23-29-15-28(18-42)19-43-20-29)31(16-35(38)41)21-44-39(27(3)46)40(48)49/h4-5,7-10,15-17,19-20,27,32,39,44,46-47H,6,11-14,21-24H2,1-3H3,(H,48,49)/t27?,32-,39+/m1/s1. The molecule has 52 heavy (non-hydrogen) atoms. The predicted octanol–water partition coefficient (Wildman–Crippen LogP) is 5.81. The smallest absolute Gasteiger partial charge is 0.323 e. The number of benzene rings is 3. The Labute approximate surface area is 309 Å². The number of carboxylic acid groups (broad SMARTS) is 1. The number of pyridine rings is 1. The molecular weight excluding hydrogens is 684 g/mol. The van der Waals surface area contributed by atoms with Gasteiger partial charge in [0.1, 0.15) is 42.6 Å². The van der Waals surface area contributed by atoms with E-state index in [9.17, 15) is 25.4 Å². The Kier molecular flexibility index (Phi) is 13.5. The van der Waals surface area contributed by atoms with Gasteiger partial charge in [0, 0.05) is 55.8 Å². The van der Waals surface area contributed by atoms with E-state index in [0.717, 1.165) is 66.0 Å². The van der Waals surface area contributed by atoms with Crippen LogP contribution in [0.5, 0.6) is 17.2 Å². The van der Waals surface area contributed by atoms with E-state index in [1.165, 1.54) is 13.1 Å². The Hall–Kier alpha value is -4.70. The van der Waals surface area contributed by atoms with Gasteiger partial charge in [-0.1, -0.05) is 41.9 Å². The normalized spacial score (nSPS) is 15.5. The highest BCUT2D eigenvalue weighted by Gasteiger charge is 2.24. The molecule has 12 heteroatoms. The average Bonchev–Trinajstić information content (AvgIpc) is 3.54. The maximum Gasteiger partial charge on any atom is 0.323 e. The number of hydrogen-bond donors (Lipinski definition) is 4. The van der Waals surface area contributed by atoms with Crippen LogP contribution in [0.4, 0.5) is 0 Å². The number of aromatic nitrogens is 1. The van der Waals surface area contributed by atoms with Crippen LogP contribution in [0.3, 0.4) is 0 Å². The summed E-state index contributed by atoms with van der Waals surface area (Å²) in [6, 6.07) is 18.0. The molecule has 1 fully saturated rings. The number of nitriles is 1. The number of rotatable bonds is 17. The molecule has 1 saturated heterocycles. The van der Waals surface area contributed by atoms with Crippen molar-refractivity contribution in [2.75, 3.05) is 26.2 Å². The molecule has 1 aliphatic heterocycles. The molecule has 0 amide bonds. The summed E-state index contributed by atoms with van der Waals surface area (Å²) in [6.07, 6.45) is 3.41. The number of nitrogens with one attached hydrogen (secondary N) is 1. The van der Waals surface area contributed by atoms with Crippen LogP contribution in [0.15, 0.2) is 67.0 Å². The number of carbonyl (C=O) groups is 1. The van der Waals surface area contributed by atoms with Crippen molar-refractivity contribution in [1.29, 1.82) is 5.26 Å². The SMILES string of the molecule is Cc1c(COc2cc(OCc3cncc(C#N)c3)c(CN[C@H](C(=O)O)C(C)O)cc2Cl)cccc1-c1cccc(OCCCN2CC[C@@H](O)C2)c1C. The van der Waals surface area contributed by atoms with Crippen LogP contribution in [-0.2, 0) is 24.6 Å². The summed E-state index contributed by atoms with van der Waals surface area (Å²) in [6.45, 7) is 9.01. The zero-order valence-electron chi connectivity index (χ0n) is 29.6. The Morgan fingerprint density at radius 1 is 1.02 bits per heavy atom. The van der Waals surface area contributed by atoms with E-state index in [0.29, 0.717) is 39.8 Å². The minimum atomic E-state index is -1.21. The quantitative estimate of drug-likeness (QED) is 0.0974. The molecule has 0 spiro atoms. The highest BCUT2D eigenvalue weighted by atomic mass is 35.5. The van der Waals surface area contributed by atoms with Crippen LogP contribution < -0.4 is 19.5 Å². The first kappa shape index (κ1) is 38.5. The first-order valence-electron chi connectivity index (χ1n) is 17.3. The van der Waals surface area contributed by atoms with Gasteiger partial charge in [-0.05, 0) is 79.6 Å². The number of likely N-dealkylation sites (tertiary alicyclic amines) is 1. The lowest BCUT2D eigenvalue weighted by molar-refractivity contribution is -0.142. The van der Waals surface area contributed by atoms with E-state index in [1.54, 1.807) is 24.4 Å². The van der Waals surface area contributed by atoms with Crippen molar-refractivity contribution in [1.82, 2.24) is 15.2 Å². The second-order valence-corrected chi connectivity index (χ2v) is 13.5. The molecule has 3 aromatic carbocycles. The van der Waals surface area contributed by atoms with Crippen LogP contribution >= 0.6 is 11.6 Å². The summed E-state index contributed by atoms with van der Waals surface area (Å²) in [5.74, 6) is 0.409. The number of halogens is 1. The lowest BCUT2D eigenvalue weighted by Crippen LogP contribution is -2.44. The number of hydrogen-bond acceptors (Lipinski definition) is 10. The molecule has 0 saturated carbocycles. The van der Waals surface area contributed by atoms with Crippen molar-refractivity contribution >= 4 is 17.6 Å². The predicted molar refractivity (Wildman–Crippen MR) is 198 cm³/mol. The van der Waals surface area contributed by atoms with Gasteiger partial charge in [0.25, 0.3) is 0 Å². The van der Waals surface area contributed by atoms with Crippen molar-refractivity contribution in [3.05, 3.63) is 105 Å². The van der Waals surface area contributed by atoms with Gasteiger partial charge in [0.05, 0.1) is 29.4 Å². The zero-order chi connectivity index (χ0) is 37.2. The first-order valence-corrected chi connectivity index (χ1v) is 17.7. The van der Waals surface area contributed by atoms with Crippen LogP contribution in [0.25, 0.3) is 11.1 Å². The van der Waals surface area contributed by atoms with Gasteiger partial charge in [-0.25, -0.2) is 0 Å². The number of β-amino-alcohol motifs (C(OH)–C–C–N with tert-alkyl or cyclic N) is 1. The Balaban J connectivity index is 1.31. The largest absolute Gasteiger partial charge is 0.493 e. The number of ether oxygens (including phenoxy) is 3. The third-order valence-electron chi connectivity index (χ3n) is 9.22. The van der Waals surface area contributed by atoms with Gasteiger partial charge in [-0.2, -0.15) is 5.26 Å². The molecule has 1 aromatic heterocycles. The molecule has 0 radical (unpaired) electrons. The molecule has 0 aliphatic carbocycles. The molecule has 0 bridgehead atoms. The van der Waals surface area contributed by atoms with Gasteiger partial charge < -0.3 is 34.4 Å². The van der Waals surface area contributed by atoms with Gasteiger partial charge in [0.2, 0.25) is 0 Å². The number of aliphatic hydroxyl groups is 2. The maximum atomic E-state index is 11.7. The number of carboxylic acids is 1. The Bertz CT molecular complexity index is 1900. The van der Waals surface area contributed by atoms with Crippen LogP contribution in [0.2, 0.25) is 5.02 Å². The van der Waals surface area contributed by atoms with E-state index >= 15 is 0 Å². The fourth-order valence-corrected chi connectivity index (χ4v) is 6.51.